The molecule has 1 aromatic rings. The molecule has 0 bridgehead atoms. The SMILES string of the molecule is CN(Cc1ccccc1Br)C(=O)CNCCC(=O)O. The van der Waals surface area contributed by atoms with Crippen LogP contribution in [-0.2, 0) is 16.1 Å². The fourth-order valence-electron chi connectivity index (χ4n) is 1.50. The number of nitrogens with zero attached hydrogens (tertiary/aromatic N) is 1. The van der Waals surface area contributed by atoms with Gasteiger partial charge in [-0.1, -0.05) is 34.1 Å². The molecule has 0 unspecified atom stereocenters. The first-order valence-electron chi connectivity index (χ1n) is 5.90. The van der Waals surface area contributed by atoms with Crippen LogP contribution in [-0.4, -0.2) is 42.0 Å². The van der Waals surface area contributed by atoms with Gasteiger partial charge in [-0.2, -0.15) is 0 Å². The first kappa shape index (κ1) is 15.7. The average molecular weight is 329 g/mol. The van der Waals surface area contributed by atoms with E-state index >= 15 is 0 Å². The summed E-state index contributed by atoms with van der Waals surface area (Å²) in [5.74, 6) is -0.942. The summed E-state index contributed by atoms with van der Waals surface area (Å²) in [6, 6.07) is 7.72. The Morgan fingerprint density at radius 1 is 1.37 bits per heavy atom. The minimum absolute atomic E-state index is 0.0151. The fourth-order valence-corrected chi connectivity index (χ4v) is 1.91. The zero-order valence-corrected chi connectivity index (χ0v) is 12.3. The van der Waals surface area contributed by atoms with Gasteiger partial charge in [0.05, 0.1) is 13.0 Å². The van der Waals surface area contributed by atoms with Gasteiger partial charge in [0.2, 0.25) is 5.91 Å². The summed E-state index contributed by atoms with van der Waals surface area (Å²) in [5.41, 5.74) is 1.03. The van der Waals surface area contributed by atoms with Gasteiger partial charge in [-0.3, -0.25) is 9.59 Å². The van der Waals surface area contributed by atoms with Crippen LogP contribution >= 0.6 is 15.9 Å². The molecule has 1 rings (SSSR count). The summed E-state index contributed by atoms with van der Waals surface area (Å²) in [6.07, 6.45) is 0.0151. The summed E-state index contributed by atoms with van der Waals surface area (Å²) in [5, 5.41) is 11.3. The number of carboxylic acids is 1. The van der Waals surface area contributed by atoms with Gasteiger partial charge in [0.1, 0.15) is 0 Å². The molecule has 0 heterocycles. The third kappa shape index (κ3) is 5.85. The van der Waals surface area contributed by atoms with Crippen molar-refractivity contribution in [2.75, 3.05) is 20.1 Å². The summed E-state index contributed by atoms with van der Waals surface area (Å²) in [6.45, 7) is 0.957. The number of rotatable bonds is 7. The Hall–Kier alpha value is -1.40. The van der Waals surface area contributed by atoms with Crippen molar-refractivity contribution in [3.8, 4) is 0 Å². The van der Waals surface area contributed by atoms with Crippen LogP contribution in [0.5, 0.6) is 0 Å². The Kier molecular flexibility index (Phi) is 6.52. The maximum Gasteiger partial charge on any atom is 0.304 e. The molecule has 0 aliphatic carbocycles. The van der Waals surface area contributed by atoms with Gasteiger partial charge in [-0.25, -0.2) is 0 Å². The number of likely N-dealkylation sites (N-methyl/N-ethyl adjacent to an activating group) is 1. The number of carboxylic acid groups (broad SMARTS) is 1. The quantitative estimate of drug-likeness (QED) is 0.744. The Bertz CT molecular complexity index is 451. The van der Waals surface area contributed by atoms with Crippen molar-refractivity contribution in [3.05, 3.63) is 34.3 Å². The Labute approximate surface area is 120 Å². The van der Waals surface area contributed by atoms with Crippen LogP contribution in [0.2, 0.25) is 0 Å². The lowest BCUT2D eigenvalue weighted by Crippen LogP contribution is -2.35. The van der Waals surface area contributed by atoms with Crippen LogP contribution in [0.4, 0.5) is 0 Å². The molecule has 1 amide bonds. The molecular formula is C13H17BrN2O3. The molecule has 0 radical (unpaired) electrons. The molecule has 0 aliphatic heterocycles. The monoisotopic (exact) mass is 328 g/mol. The normalized spacial score (nSPS) is 10.2. The van der Waals surface area contributed by atoms with E-state index in [-0.39, 0.29) is 18.9 Å². The minimum atomic E-state index is -0.874. The molecule has 0 aromatic heterocycles. The highest BCUT2D eigenvalue weighted by Gasteiger charge is 2.10. The number of hydrogen-bond donors (Lipinski definition) is 2. The van der Waals surface area contributed by atoms with Crippen molar-refractivity contribution < 1.29 is 14.7 Å². The van der Waals surface area contributed by atoms with Gasteiger partial charge in [-0.15, -0.1) is 0 Å². The van der Waals surface area contributed by atoms with Gasteiger partial charge in [0, 0.05) is 24.6 Å². The van der Waals surface area contributed by atoms with Crippen molar-refractivity contribution in [2.24, 2.45) is 0 Å². The van der Waals surface area contributed by atoms with Crippen LogP contribution in [0.15, 0.2) is 28.7 Å². The molecule has 0 saturated heterocycles. The smallest absolute Gasteiger partial charge is 0.304 e. The fraction of sp³-hybridized carbons (Fsp3) is 0.385. The van der Waals surface area contributed by atoms with E-state index in [1.165, 1.54) is 0 Å². The van der Waals surface area contributed by atoms with E-state index in [4.69, 9.17) is 5.11 Å². The highest BCUT2D eigenvalue weighted by molar-refractivity contribution is 9.10. The second-order valence-electron chi connectivity index (χ2n) is 4.16. The predicted octanol–water partition coefficient (Wildman–Crippen LogP) is 1.47. The predicted molar refractivity (Wildman–Crippen MR) is 75.7 cm³/mol. The highest BCUT2D eigenvalue weighted by atomic mass is 79.9. The van der Waals surface area contributed by atoms with E-state index in [2.05, 4.69) is 21.2 Å². The average Bonchev–Trinajstić information content (AvgIpc) is 2.36. The van der Waals surface area contributed by atoms with Gasteiger partial charge in [0.15, 0.2) is 0 Å². The molecule has 19 heavy (non-hydrogen) atoms. The van der Waals surface area contributed by atoms with E-state index in [0.717, 1.165) is 10.0 Å². The number of carbonyl (C=O) groups is 2. The minimum Gasteiger partial charge on any atom is -0.481 e. The molecule has 5 nitrogen and oxygen atoms in total. The first-order chi connectivity index (χ1) is 9.00. The standard InChI is InChI=1S/C13H17BrN2O3/c1-16(9-10-4-2-3-5-11(10)14)12(17)8-15-7-6-13(18)19/h2-5,15H,6-9H2,1H3,(H,18,19). The van der Waals surface area contributed by atoms with E-state index in [1.807, 2.05) is 24.3 Å². The lowest BCUT2D eigenvalue weighted by atomic mass is 10.2. The molecule has 0 fully saturated rings. The molecule has 0 spiro atoms. The van der Waals surface area contributed by atoms with Crippen LogP contribution in [0.25, 0.3) is 0 Å². The maximum absolute atomic E-state index is 11.8. The number of aliphatic carboxylic acids is 1. The topological polar surface area (TPSA) is 69.6 Å². The summed E-state index contributed by atoms with van der Waals surface area (Å²) in [7, 11) is 1.72. The number of hydrogen-bond acceptors (Lipinski definition) is 3. The third-order valence-electron chi connectivity index (χ3n) is 2.58. The second kappa shape index (κ2) is 7.91. The third-order valence-corrected chi connectivity index (χ3v) is 3.36. The Morgan fingerprint density at radius 2 is 2.05 bits per heavy atom. The Morgan fingerprint density at radius 3 is 2.68 bits per heavy atom. The van der Waals surface area contributed by atoms with Crippen molar-refractivity contribution in [3.63, 3.8) is 0 Å². The number of nitrogens with one attached hydrogen (secondary N) is 1. The molecule has 104 valence electrons. The van der Waals surface area contributed by atoms with Crippen molar-refractivity contribution in [1.82, 2.24) is 10.2 Å². The van der Waals surface area contributed by atoms with E-state index < -0.39 is 5.97 Å². The zero-order chi connectivity index (χ0) is 14.3. The molecule has 1 aromatic carbocycles. The molecular weight excluding hydrogens is 312 g/mol. The number of carbonyl (C=O) groups excluding carboxylic acids is 1. The Balaban J connectivity index is 2.37. The molecule has 2 N–H and O–H groups in total. The van der Waals surface area contributed by atoms with Crippen molar-refractivity contribution >= 4 is 27.8 Å². The van der Waals surface area contributed by atoms with Gasteiger partial charge < -0.3 is 15.3 Å². The zero-order valence-electron chi connectivity index (χ0n) is 10.7. The highest BCUT2D eigenvalue weighted by Crippen LogP contribution is 2.17. The van der Waals surface area contributed by atoms with Gasteiger partial charge >= 0.3 is 5.97 Å². The van der Waals surface area contributed by atoms with Crippen molar-refractivity contribution in [1.29, 1.82) is 0 Å². The van der Waals surface area contributed by atoms with Crippen LogP contribution in [0, 0.1) is 0 Å². The lowest BCUT2D eigenvalue weighted by molar-refractivity contribution is -0.137. The van der Waals surface area contributed by atoms with Gasteiger partial charge in [-0.05, 0) is 11.6 Å². The van der Waals surface area contributed by atoms with Crippen LogP contribution < -0.4 is 5.32 Å². The van der Waals surface area contributed by atoms with E-state index in [0.29, 0.717) is 13.1 Å². The number of halogens is 1. The van der Waals surface area contributed by atoms with Gasteiger partial charge in [0.25, 0.3) is 0 Å². The molecule has 0 aliphatic rings. The summed E-state index contributed by atoms with van der Waals surface area (Å²) >= 11 is 3.43. The second-order valence-corrected chi connectivity index (χ2v) is 5.02. The van der Waals surface area contributed by atoms with Crippen LogP contribution in [0.1, 0.15) is 12.0 Å². The largest absolute Gasteiger partial charge is 0.481 e. The first-order valence-corrected chi connectivity index (χ1v) is 6.70. The maximum atomic E-state index is 11.8. The molecule has 0 saturated carbocycles. The van der Waals surface area contributed by atoms with Crippen LogP contribution in [0.3, 0.4) is 0 Å². The number of amides is 1. The van der Waals surface area contributed by atoms with E-state index in [1.54, 1.807) is 11.9 Å². The summed E-state index contributed by atoms with van der Waals surface area (Å²) in [4.78, 5) is 23.7. The summed E-state index contributed by atoms with van der Waals surface area (Å²) < 4.78 is 0.966. The molecule has 0 atom stereocenters. The molecule has 6 heteroatoms. The number of benzene rings is 1. The van der Waals surface area contributed by atoms with E-state index in [9.17, 15) is 9.59 Å². The lowest BCUT2D eigenvalue weighted by Gasteiger charge is -2.18. The van der Waals surface area contributed by atoms with Crippen molar-refractivity contribution in [2.45, 2.75) is 13.0 Å².